The van der Waals surface area contributed by atoms with Crippen LogP contribution in [0, 0.1) is 5.21 Å². The van der Waals surface area contributed by atoms with Crippen LogP contribution in [0.5, 0.6) is 0 Å². The van der Waals surface area contributed by atoms with Crippen molar-refractivity contribution in [1.29, 1.82) is 0 Å². The Balaban J connectivity index is 2.93. The van der Waals surface area contributed by atoms with Gasteiger partial charge < -0.3 is 15.4 Å². The molecule has 1 saturated heterocycles. The summed E-state index contributed by atoms with van der Waals surface area (Å²) in [4.78, 5) is 12.9. The van der Waals surface area contributed by atoms with Gasteiger partial charge in [0.15, 0.2) is 5.72 Å². The van der Waals surface area contributed by atoms with Gasteiger partial charge in [-0.05, 0) is 27.2 Å². The quantitative estimate of drug-likeness (QED) is 0.776. The van der Waals surface area contributed by atoms with E-state index < -0.39 is 17.3 Å². The molecule has 0 radical (unpaired) electrons. The fourth-order valence-electron chi connectivity index (χ4n) is 1.69. The monoisotopic (exact) mass is 215 g/mol. The van der Waals surface area contributed by atoms with Crippen molar-refractivity contribution < 1.29 is 9.90 Å². The second-order valence-corrected chi connectivity index (χ2v) is 4.66. The van der Waals surface area contributed by atoms with Crippen molar-refractivity contribution in [2.24, 2.45) is 0 Å². The summed E-state index contributed by atoms with van der Waals surface area (Å²) >= 11 is 0. The first-order chi connectivity index (χ1) is 6.76. The molecule has 1 N–H and O–H groups in total. The number of aliphatic hydroxyl groups is 1. The van der Waals surface area contributed by atoms with Gasteiger partial charge in [0.05, 0.1) is 5.54 Å². The maximum absolute atomic E-state index is 11.6. The van der Waals surface area contributed by atoms with Gasteiger partial charge in [0, 0.05) is 6.54 Å². The zero-order valence-electron chi connectivity index (χ0n) is 9.78. The number of hydrogen-bond donors (Lipinski definition) is 1. The van der Waals surface area contributed by atoms with Gasteiger partial charge in [-0.3, -0.25) is 4.90 Å². The Labute approximate surface area is 90.2 Å². The first-order valence-electron chi connectivity index (χ1n) is 5.28. The molecule has 2 amide bonds. The number of amides is 2. The van der Waals surface area contributed by atoms with Crippen LogP contribution in [0.25, 0.3) is 0 Å². The molecular formula is C10H19N2O3-. The van der Waals surface area contributed by atoms with Crippen LogP contribution in [0.15, 0.2) is 0 Å². The van der Waals surface area contributed by atoms with E-state index in [0.29, 0.717) is 11.6 Å². The summed E-state index contributed by atoms with van der Waals surface area (Å²) in [6.45, 7) is 7.08. The van der Waals surface area contributed by atoms with Crippen molar-refractivity contribution in [3.63, 3.8) is 0 Å². The van der Waals surface area contributed by atoms with Crippen LogP contribution in [0.3, 0.4) is 0 Å². The number of carbonyl (C=O) groups excluding carboxylic acids is 1. The minimum atomic E-state index is -1.40. The molecule has 1 rings (SSSR count). The molecular weight excluding hydrogens is 196 g/mol. The molecule has 15 heavy (non-hydrogen) atoms. The normalized spacial score (nSPS) is 30.1. The molecule has 1 atom stereocenters. The topological polar surface area (TPSA) is 66.8 Å². The molecule has 0 saturated carbocycles. The first kappa shape index (κ1) is 12.3. The van der Waals surface area contributed by atoms with E-state index in [1.807, 2.05) is 6.92 Å². The lowest BCUT2D eigenvalue weighted by Crippen LogP contribution is -2.55. The highest BCUT2D eigenvalue weighted by Crippen LogP contribution is 2.38. The van der Waals surface area contributed by atoms with E-state index in [1.54, 1.807) is 13.8 Å². The highest BCUT2D eigenvalue weighted by atomic mass is 16.5. The molecule has 1 fully saturated rings. The molecule has 0 aliphatic carbocycles. The summed E-state index contributed by atoms with van der Waals surface area (Å²) < 4.78 is 0. The van der Waals surface area contributed by atoms with Crippen molar-refractivity contribution in [3.05, 3.63) is 5.21 Å². The largest absolute Gasteiger partial charge is 0.754 e. The van der Waals surface area contributed by atoms with Gasteiger partial charge in [-0.15, -0.1) is 0 Å². The summed E-state index contributed by atoms with van der Waals surface area (Å²) in [5, 5.41) is 22.2. The summed E-state index contributed by atoms with van der Waals surface area (Å²) in [7, 11) is 0. The van der Waals surface area contributed by atoms with Gasteiger partial charge in [0.1, 0.15) is 0 Å². The van der Waals surface area contributed by atoms with E-state index in [4.69, 9.17) is 0 Å². The Bertz CT molecular complexity index is 263. The van der Waals surface area contributed by atoms with Crippen LogP contribution < -0.4 is 0 Å². The molecule has 0 bridgehead atoms. The molecule has 0 aromatic rings. The fraction of sp³-hybridized carbons (Fsp3) is 0.900. The van der Waals surface area contributed by atoms with Crippen molar-refractivity contribution >= 4 is 6.03 Å². The summed E-state index contributed by atoms with van der Waals surface area (Å²) in [5.74, 6) is 0. The predicted molar refractivity (Wildman–Crippen MR) is 56.9 cm³/mol. The second-order valence-electron chi connectivity index (χ2n) is 4.66. The van der Waals surface area contributed by atoms with Gasteiger partial charge in [-0.2, -0.15) is 0 Å². The lowest BCUT2D eigenvalue weighted by Gasteiger charge is -2.42. The van der Waals surface area contributed by atoms with Crippen molar-refractivity contribution in [3.8, 4) is 0 Å². The van der Waals surface area contributed by atoms with E-state index in [1.165, 1.54) is 11.8 Å². The van der Waals surface area contributed by atoms with Crippen LogP contribution in [-0.2, 0) is 0 Å². The predicted octanol–water partition coefficient (Wildman–Crippen LogP) is 1.51. The number of hydroxylamine groups is 2. The van der Waals surface area contributed by atoms with Crippen LogP contribution in [0.4, 0.5) is 4.79 Å². The summed E-state index contributed by atoms with van der Waals surface area (Å²) in [6.07, 6.45) is 1.70. The van der Waals surface area contributed by atoms with Gasteiger partial charge in [0.2, 0.25) is 0 Å². The maximum atomic E-state index is 11.6. The van der Waals surface area contributed by atoms with Crippen LogP contribution in [0.1, 0.15) is 40.5 Å². The Morgan fingerprint density at radius 3 is 2.27 bits per heavy atom. The molecule has 88 valence electrons. The number of carbonyl (C=O) groups is 1. The zero-order valence-corrected chi connectivity index (χ0v) is 9.78. The molecule has 5 heteroatoms. The third kappa shape index (κ3) is 1.59. The number of rotatable bonds is 3. The van der Waals surface area contributed by atoms with E-state index >= 15 is 0 Å². The van der Waals surface area contributed by atoms with E-state index in [9.17, 15) is 15.1 Å². The van der Waals surface area contributed by atoms with E-state index in [2.05, 4.69) is 0 Å². The fourth-order valence-corrected chi connectivity index (χ4v) is 1.69. The molecule has 1 aliphatic rings. The standard InChI is InChI=1S/C10H19N2O3/c1-5-6-7-11-8(13)12(15)9(2,3)10(11,4)14/h14H,5-7H2,1-4H3/q-1/t10-/m1/s1. The minimum absolute atomic E-state index is 0.364. The SMILES string of the molecule is CCCCN1C(=O)N([O-])C(C)(C)[C@@]1(C)O. The lowest BCUT2D eigenvalue weighted by molar-refractivity contribution is -0.0994. The molecule has 1 heterocycles. The maximum Gasteiger partial charge on any atom is 0.312 e. The van der Waals surface area contributed by atoms with Crippen LogP contribution in [-0.4, -0.2) is 38.9 Å². The van der Waals surface area contributed by atoms with Gasteiger partial charge in [0.25, 0.3) is 0 Å². The average Bonchev–Trinajstić information content (AvgIpc) is 2.25. The Hall–Kier alpha value is -0.810. The third-order valence-corrected chi connectivity index (χ3v) is 3.33. The highest BCUT2D eigenvalue weighted by Gasteiger charge is 2.55. The number of urea groups is 1. The average molecular weight is 215 g/mol. The van der Waals surface area contributed by atoms with Gasteiger partial charge in [-0.1, -0.05) is 13.3 Å². The zero-order chi connectivity index (χ0) is 11.9. The number of nitrogens with zero attached hydrogens (tertiary/aromatic N) is 2. The van der Waals surface area contributed by atoms with Crippen LogP contribution in [0.2, 0.25) is 0 Å². The number of unbranched alkanes of at least 4 members (excludes halogenated alkanes) is 1. The molecule has 0 aromatic carbocycles. The van der Waals surface area contributed by atoms with Crippen molar-refractivity contribution in [2.75, 3.05) is 6.54 Å². The molecule has 0 spiro atoms. The lowest BCUT2D eigenvalue weighted by atomic mass is 9.93. The van der Waals surface area contributed by atoms with Crippen molar-refractivity contribution in [1.82, 2.24) is 9.96 Å². The first-order valence-corrected chi connectivity index (χ1v) is 5.28. The smallest absolute Gasteiger partial charge is 0.312 e. The van der Waals surface area contributed by atoms with Gasteiger partial charge in [-0.25, -0.2) is 4.79 Å². The second kappa shape index (κ2) is 3.64. The summed E-state index contributed by atoms with van der Waals surface area (Å²) in [6, 6.07) is -0.640. The Morgan fingerprint density at radius 2 is 1.93 bits per heavy atom. The third-order valence-electron chi connectivity index (χ3n) is 3.33. The van der Waals surface area contributed by atoms with E-state index in [-0.39, 0.29) is 0 Å². The highest BCUT2D eigenvalue weighted by molar-refractivity contribution is 5.79. The van der Waals surface area contributed by atoms with Crippen LogP contribution >= 0.6 is 0 Å². The number of hydrogen-bond acceptors (Lipinski definition) is 3. The van der Waals surface area contributed by atoms with E-state index in [0.717, 1.165) is 12.8 Å². The van der Waals surface area contributed by atoms with Gasteiger partial charge >= 0.3 is 6.03 Å². The Morgan fingerprint density at radius 1 is 1.40 bits per heavy atom. The molecule has 0 unspecified atom stereocenters. The molecule has 0 aromatic heterocycles. The summed E-state index contributed by atoms with van der Waals surface area (Å²) in [5.41, 5.74) is -2.50. The minimum Gasteiger partial charge on any atom is -0.754 e. The van der Waals surface area contributed by atoms with Crippen molar-refractivity contribution in [2.45, 2.75) is 51.8 Å². The molecule has 5 nitrogen and oxygen atoms in total. The molecule has 1 aliphatic heterocycles. The Kier molecular flexibility index (Phi) is 2.98.